The van der Waals surface area contributed by atoms with E-state index in [0.717, 1.165) is 12.1 Å². The summed E-state index contributed by atoms with van der Waals surface area (Å²) in [5, 5.41) is 0. The Morgan fingerprint density at radius 1 is 1.31 bits per heavy atom. The first-order valence-electron chi connectivity index (χ1n) is 4.66. The topological polar surface area (TPSA) is 29.4 Å². The van der Waals surface area contributed by atoms with Crippen molar-refractivity contribution >= 4 is 17.2 Å². The van der Waals surface area contributed by atoms with Crippen molar-refractivity contribution in [2.45, 2.75) is 19.5 Å². The van der Waals surface area contributed by atoms with Crippen LogP contribution in [0.25, 0.3) is 0 Å². The third kappa shape index (κ3) is 1.85. The van der Waals surface area contributed by atoms with E-state index in [-0.39, 0.29) is 23.5 Å². The molecule has 0 saturated carbocycles. The molecule has 0 atom stereocenters. The highest BCUT2D eigenvalue weighted by Crippen LogP contribution is 2.35. The van der Waals surface area contributed by atoms with Gasteiger partial charge in [-0.1, -0.05) is 0 Å². The van der Waals surface area contributed by atoms with Crippen molar-refractivity contribution in [2.75, 3.05) is 0 Å². The molecule has 0 aliphatic carbocycles. The molecular formula is C11H8F3NO. The first-order chi connectivity index (χ1) is 7.38. The van der Waals surface area contributed by atoms with Gasteiger partial charge in [0.25, 0.3) is 0 Å². The third-order valence-corrected chi connectivity index (χ3v) is 2.35. The number of rotatable bonds is 0. The second kappa shape index (κ2) is 3.43. The number of benzene rings is 1. The molecule has 0 aromatic heterocycles. The number of aliphatic imine (C=N–C) groups is 1. The maximum Gasteiger partial charge on any atom is 0.416 e. The van der Waals surface area contributed by atoms with Gasteiger partial charge in [0.2, 0.25) is 0 Å². The molecule has 0 bridgehead atoms. The molecule has 1 aromatic carbocycles. The monoisotopic (exact) mass is 227 g/mol. The van der Waals surface area contributed by atoms with Crippen molar-refractivity contribution in [3.05, 3.63) is 29.3 Å². The minimum atomic E-state index is -4.40. The Morgan fingerprint density at radius 2 is 2.00 bits per heavy atom. The summed E-state index contributed by atoms with van der Waals surface area (Å²) in [5.74, 6) is -0.184. The number of nitrogens with zero attached hydrogens (tertiary/aromatic N) is 1. The van der Waals surface area contributed by atoms with Gasteiger partial charge in [0.15, 0.2) is 5.78 Å². The molecule has 1 aliphatic rings. The third-order valence-electron chi connectivity index (χ3n) is 2.35. The number of fused-ring (bicyclic) bond motifs is 1. The molecule has 0 radical (unpaired) electrons. The van der Waals surface area contributed by atoms with Gasteiger partial charge in [-0.3, -0.25) is 9.79 Å². The second-order valence-electron chi connectivity index (χ2n) is 3.68. The SMILES string of the molecule is CC1=Nc2cc(C(F)(F)F)ccc2C(=O)C1. The van der Waals surface area contributed by atoms with Crippen molar-refractivity contribution in [1.82, 2.24) is 0 Å². The largest absolute Gasteiger partial charge is 0.416 e. The van der Waals surface area contributed by atoms with E-state index in [4.69, 9.17) is 0 Å². The van der Waals surface area contributed by atoms with Crippen LogP contribution in [0.15, 0.2) is 23.2 Å². The van der Waals surface area contributed by atoms with Crippen molar-refractivity contribution < 1.29 is 18.0 Å². The summed E-state index contributed by atoms with van der Waals surface area (Å²) in [6.45, 7) is 1.63. The van der Waals surface area contributed by atoms with Gasteiger partial charge in [-0.25, -0.2) is 0 Å². The average Bonchev–Trinajstić information content (AvgIpc) is 2.15. The zero-order chi connectivity index (χ0) is 11.9. The van der Waals surface area contributed by atoms with Crippen LogP contribution in [0.4, 0.5) is 18.9 Å². The molecule has 0 amide bonds. The normalized spacial score (nSPS) is 15.8. The number of Topliss-reactive ketones (excluding diaryl/α,β-unsaturated/α-hetero) is 1. The van der Waals surface area contributed by atoms with Gasteiger partial charge in [-0.2, -0.15) is 13.2 Å². The lowest BCUT2D eigenvalue weighted by atomic mass is 9.99. The van der Waals surface area contributed by atoms with Crippen LogP contribution < -0.4 is 0 Å². The van der Waals surface area contributed by atoms with Crippen LogP contribution in [-0.4, -0.2) is 11.5 Å². The van der Waals surface area contributed by atoms with Crippen LogP contribution in [0.5, 0.6) is 0 Å². The van der Waals surface area contributed by atoms with E-state index in [1.807, 2.05) is 0 Å². The van der Waals surface area contributed by atoms with Crippen LogP contribution in [0, 0.1) is 0 Å². The van der Waals surface area contributed by atoms with Crippen LogP contribution in [0.3, 0.4) is 0 Å². The van der Waals surface area contributed by atoms with E-state index >= 15 is 0 Å². The van der Waals surface area contributed by atoms with Crippen molar-refractivity contribution in [3.63, 3.8) is 0 Å². The van der Waals surface area contributed by atoms with Crippen molar-refractivity contribution in [3.8, 4) is 0 Å². The predicted molar refractivity (Wildman–Crippen MR) is 53.2 cm³/mol. The van der Waals surface area contributed by atoms with E-state index < -0.39 is 11.7 Å². The number of alkyl halides is 3. The maximum absolute atomic E-state index is 12.4. The summed E-state index contributed by atoms with van der Waals surface area (Å²) in [7, 11) is 0. The summed E-state index contributed by atoms with van der Waals surface area (Å²) in [5.41, 5.74) is 0.136. The highest BCUT2D eigenvalue weighted by atomic mass is 19.4. The van der Waals surface area contributed by atoms with E-state index in [2.05, 4.69) is 4.99 Å². The molecule has 2 rings (SSSR count). The van der Waals surface area contributed by atoms with Gasteiger partial charge in [0.05, 0.1) is 11.3 Å². The number of hydrogen-bond acceptors (Lipinski definition) is 2. The van der Waals surface area contributed by atoms with Crippen molar-refractivity contribution in [1.29, 1.82) is 0 Å². The lowest BCUT2D eigenvalue weighted by Gasteiger charge is -2.14. The number of carbonyl (C=O) groups excluding carboxylic acids is 1. The Bertz CT molecular complexity index is 488. The highest BCUT2D eigenvalue weighted by Gasteiger charge is 2.32. The Hall–Kier alpha value is -1.65. The molecule has 1 aliphatic heterocycles. The molecule has 84 valence electrons. The first-order valence-corrected chi connectivity index (χ1v) is 4.66. The molecule has 5 heteroatoms. The fraction of sp³-hybridized carbons (Fsp3) is 0.273. The number of hydrogen-bond donors (Lipinski definition) is 0. The number of halogens is 3. The van der Waals surface area contributed by atoms with E-state index in [0.29, 0.717) is 5.71 Å². The minimum Gasteiger partial charge on any atom is -0.294 e. The van der Waals surface area contributed by atoms with Crippen molar-refractivity contribution in [2.24, 2.45) is 4.99 Å². The Kier molecular flexibility index (Phi) is 2.33. The molecular weight excluding hydrogens is 219 g/mol. The summed E-state index contributed by atoms with van der Waals surface area (Å²) in [6, 6.07) is 3.01. The summed E-state index contributed by atoms with van der Waals surface area (Å²) >= 11 is 0. The predicted octanol–water partition coefficient (Wildman–Crippen LogP) is 3.38. The number of ketones is 1. The van der Waals surface area contributed by atoms with E-state index in [9.17, 15) is 18.0 Å². The minimum absolute atomic E-state index is 0.114. The fourth-order valence-corrected chi connectivity index (χ4v) is 1.61. The van der Waals surface area contributed by atoms with Gasteiger partial charge in [-0.05, 0) is 25.1 Å². The zero-order valence-electron chi connectivity index (χ0n) is 8.43. The van der Waals surface area contributed by atoms with Gasteiger partial charge >= 0.3 is 6.18 Å². The molecule has 2 nitrogen and oxygen atoms in total. The summed E-state index contributed by atoms with van der Waals surface area (Å²) < 4.78 is 37.3. The molecule has 1 heterocycles. The Morgan fingerprint density at radius 3 is 2.62 bits per heavy atom. The first kappa shape index (κ1) is 10.9. The molecule has 16 heavy (non-hydrogen) atoms. The molecule has 0 N–H and O–H groups in total. The lowest BCUT2D eigenvalue weighted by Crippen LogP contribution is -2.12. The average molecular weight is 227 g/mol. The highest BCUT2D eigenvalue weighted by molar-refractivity contribution is 6.15. The molecule has 1 aromatic rings. The van der Waals surface area contributed by atoms with Gasteiger partial charge < -0.3 is 0 Å². The molecule has 0 saturated heterocycles. The Labute approximate surface area is 89.8 Å². The van der Waals surface area contributed by atoms with Gasteiger partial charge in [-0.15, -0.1) is 0 Å². The number of carbonyl (C=O) groups is 1. The molecule has 0 unspecified atom stereocenters. The second-order valence-corrected chi connectivity index (χ2v) is 3.68. The maximum atomic E-state index is 12.4. The van der Waals surface area contributed by atoms with E-state index in [1.54, 1.807) is 6.92 Å². The van der Waals surface area contributed by atoms with Crippen LogP contribution in [-0.2, 0) is 6.18 Å². The summed E-state index contributed by atoms with van der Waals surface area (Å²) in [6.07, 6.45) is -4.22. The standard InChI is InChI=1S/C11H8F3NO/c1-6-4-10(16)8-3-2-7(11(12,13)14)5-9(8)15-6/h2-3,5H,4H2,1H3. The van der Waals surface area contributed by atoms with Gasteiger partial charge in [0, 0.05) is 17.7 Å². The van der Waals surface area contributed by atoms with E-state index in [1.165, 1.54) is 6.07 Å². The smallest absolute Gasteiger partial charge is 0.294 e. The van der Waals surface area contributed by atoms with Crippen LogP contribution in [0.1, 0.15) is 29.3 Å². The Balaban J connectivity index is 2.56. The van der Waals surface area contributed by atoms with Crippen LogP contribution in [0.2, 0.25) is 0 Å². The fourth-order valence-electron chi connectivity index (χ4n) is 1.61. The van der Waals surface area contributed by atoms with Crippen LogP contribution >= 0.6 is 0 Å². The summed E-state index contributed by atoms with van der Waals surface area (Å²) in [4.78, 5) is 15.5. The lowest BCUT2D eigenvalue weighted by molar-refractivity contribution is -0.137. The van der Waals surface area contributed by atoms with Gasteiger partial charge in [0.1, 0.15) is 0 Å². The molecule has 0 spiro atoms. The molecule has 0 fully saturated rings. The quantitative estimate of drug-likeness (QED) is 0.668. The zero-order valence-corrected chi connectivity index (χ0v) is 8.43.